The van der Waals surface area contributed by atoms with Crippen LogP contribution in [0.5, 0.6) is 11.5 Å². The van der Waals surface area contributed by atoms with Gasteiger partial charge < -0.3 is 30.5 Å². The molecule has 2 atom stereocenters. The quantitative estimate of drug-likeness (QED) is 0.157. The maximum atomic E-state index is 14.5. The second-order valence-corrected chi connectivity index (χ2v) is 12.0. The van der Waals surface area contributed by atoms with Crippen molar-refractivity contribution in [3.8, 4) is 11.5 Å². The third-order valence-corrected chi connectivity index (χ3v) is 7.00. The number of ether oxygens (including phenoxy) is 1. The van der Waals surface area contributed by atoms with E-state index in [-0.39, 0.29) is 23.8 Å². The molecule has 0 heterocycles. The number of hydrogen-bond donors (Lipinski definition) is 4. The standard InChI is InChI=1S/C34H51N3O6/c1-6-8-10-11-12-13-23-37(30(31(40)35-22-9-7-2)26-16-20-28(39)21-17-26)32(41)29(36-33(42)43-34(3,4)5)24-25-14-18-27(38)19-15-25/h14-21,29-30,38-39H,6-13,22-24H2,1-5H3,(H,35,40)(H,36,42). The molecule has 3 amide bonds. The summed E-state index contributed by atoms with van der Waals surface area (Å²) < 4.78 is 5.49. The van der Waals surface area contributed by atoms with Crippen LogP contribution in [0, 0.1) is 0 Å². The Morgan fingerprint density at radius 3 is 1.95 bits per heavy atom. The number of unbranched alkanes of at least 4 members (excludes halogenated alkanes) is 6. The smallest absolute Gasteiger partial charge is 0.408 e. The number of rotatable bonds is 17. The Labute approximate surface area is 257 Å². The molecule has 0 aliphatic heterocycles. The average molecular weight is 598 g/mol. The van der Waals surface area contributed by atoms with Crippen LogP contribution in [-0.4, -0.2) is 57.8 Å². The maximum Gasteiger partial charge on any atom is 0.408 e. The van der Waals surface area contributed by atoms with Crippen LogP contribution < -0.4 is 10.6 Å². The summed E-state index contributed by atoms with van der Waals surface area (Å²) in [6, 6.07) is 10.7. The highest BCUT2D eigenvalue weighted by Crippen LogP contribution is 2.26. The first-order valence-corrected chi connectivity index (χ1v) is 15.6. The zero-order valence-electron chi connectivity index (χ0n) is 26.5. The molecule has 2 rings (SSSR count). The van der Waals surface area contributed by atoms with E-state index in [4.69, 9.17) is 4.74 Å². The van der Waals surface area contributed by atoms with Gasteiger partial charge in [-0.3, -0.25) is 9.59 Å². The van der Waals surface area contributed by atoms with Crippen LogP contribution in [0.3, 0.4) is 0 Å². The number of nitrogens with zero attached hydrogens (tertiary/aromatic N) is 1. The number of carbonyl (C=O) groups excluding carboxylic acids is 3. The van der Waals surface area contributed by atoms with Crippen LogP contribution in [0.2, 0.25) is 0 Å². The Bertz CT molecular complexity index is 1130. The van der Waals surface area contributed by atoms with E-state index >= 15 is 0 Å². The summed E-state index contributed by atoms with van der Waals surface area (Å²) in [5, 5.41) is 25.5. The molecule has 4 N–H and O–H groups in total. The number of benzene rings is 2. The van der Waals surface area contributed by atoms with E-state index in [1.807, 2.05) is 6.92 Å². The summed E-state index contributed by atoms with van der Waals surface area (Å²) in [7, 11) is 0. The molecule has 0 bridgehead atoms. The van der Waals surface area contributed by atoms with Crippen molar-refractivity contribution in [1.82, 2.24) is 15.5 Å². The Balaban J connectivity index is 2.50. The SMILES string of the molecule is CCCCCCCCN(C(=O)C(Cc1ccc(O)cc1)NC(=O)OC(C)(C)C)C(C(=O)NCCCC)c1ccc(O)cc1. The zero-order valence-corrected chi connectivity index (χ0v) is 26.5. The summed E-state index contributed by atoms with van der Waals surface area (Å²) >= 11 is 0. The van der Waals surface area contributed by atoms with E-state index in [2.05, 4.69) is 17.6 Å². The number of nitrogens with one attached hydrogen (secondary N) is 2. The highest BCUT2D eigenvalue weighted by atomic mass is 16.6. The molecule has 238 valence electrons. The fraction of sp³-hybridized carbons (Fsp3) is 0.559. The molecule has 0 aliphatic carbocycles. The van der Waals surface area contributed by atoms with Crippen LogP contribution in [0.15, 0.2) is 48.5 Å². The van der Waals surface area contributed by atoms with Crippen molar-refractivity contribution in [3.05, 3.63) is 59.7 Å². The number of amides is 3. The predicted octanol–water partition coefficient (Wildman–Crippen LogP) is 6.38. The lowest BCUT2D eigenvalue weighted by atomic mass is 9.99. The Kier molecular flexibility index (Phi) is 14.9. The van der Waals surface area contributed by atoms with E-state index in [1.165, 1.54) is 24.3 Å². The van der Waals surface area contributed by atoms with Gasteiger partial charge in [0.1, 0.15) is 29.2 Å². The Morgan fingerprint density at radius 1 is 0.814 bits per heavy atom. The summed E-state index contributed by atoms with van der Waals surface area (Å²) in [4.78, 5) is 42.7. The van der Waals surface area contributed by atoms with Gasteiger partial charge in [0.15, 0.2) is 0 Å². The van der Waals surface area contributed by atoms with E-state index in [9.17, 15) is 24.6 Å². The molecule has 0 aromatic heterocycles. The minimum atomic E-state index is -1.04. The lowest BCUT2D eigenvalue weighted by Gasteiger charge is -2.34. The summed E-state index contributed by atoms with van der Waals surface area (Å²) in [5.74, 6) is -0.595. The monoisotopic (exact) mass is 597 g/mol. The third kappa shape index (κ3) is 13.0. The van der Waals surface area contributed by atoms with Crippen molar-refractivity contribution in [2.45, 2.75) is 110 Å². The van der Waals surface area contributed by atoms with Gasteiger partial charge in [0.2, 0.25) is 11.8 Å². The van der Waals surface area contributed by atoms with Crippen LogP contribution in [0.4, 0.5) is 4.79 Å². The first-order valence-electron chi connectivity index (χ1n) is 15.6. The molecule has 0 radical (unpaired) electrons. The number of alkyl carbamates (subject to hydrolysis) is 1. The number of phenolic OH excluding ortho intramolecular Hbond substituents is 2. The van der Waals surface area contributed by atoms with Crippen molar-refractivity contribution in [2.75, 3.05) is 13.1 Å². The van der Waals surface area contributed by atoms with E-state index < -0.39 is 29.7 Å². The molecule has 2 unspecified atom stereocenters. The van der Waals surface area contributed by atoms with Crippen molar-refractivity contribution < 1.29 is 29.3 Å². The van der Waals surface area contributed by atoms with E-state index in [1.54, 1.807) is 49.9 Å². The molecule has 9 heteroatoms. The molecule has 0 aliphatic rings. The van der Waals surface area contributed by atoms with Crippen molar-refractivity contribution in [1.29, 1.82) is 0 Å². The number of carbonyl (C=O) groups is 3. The van der Waals surface area contributed by atoms with Gasteiger partial charge >= 0.3 is 6.09 Å². The topological polar surface area (TPSA) is 128 Å². The van der Waals surface area contributed by atoms with Gasteiger partial charge in [-0.05, 0) is 69.0 Å². The van der Waals surface area contributed by atoms with E-state index in [0.717, 1.165) is 50.5 Å². The highest BCUT2D eigenvalue weighted by molar-refractivity contribution is 5.92. The van der Waals surface area contributed by atoms with Gasteiger partial charge in [-0.25, -0.2) is 4.79 Å². The molecule has 0 spiro atoms. The molecule has 2 aromatic rings. The van der Waals surface area contributed by atoms with Crippen LogP contribution >= 0.6 is 0 Å². The van der Waals surface area contributed by atoms with Gasteiger partial charge in [0.05, 0.1) is 0 Å². The normalized spacial score (nSPS) is 12.7. The van der Waals surface area contributed by atoms with Gasteiger partial charge in [-0.2, -0.15) is 0 Å². The summed E-state index contributed by atoms with van der Waals surface area (Å²) in [6.45, 7) is 10.2. The minimum Gasteiger partial charge on any atom is -0.508 e. The molecule has 0 fully saturated rings. The Hall–Kier alpha value is -3.75. The number of phenols is 2. The second kappa shape index (κ2) is 18.0. The molecule has 0 saturated carbocycles. The van der Waals surface area contributed by atoms with Crippen LogP contribution in [0.1, 0.15) is 103 Å². The maximum absolute atomic E-state index is 14.5. The fourth-order valence-corrected chi connectivity index (χ4v) is 4.76. The van der Waals surface area contributed by atoms with Gasteiger partial charge in [0.25, 0.3) is 0 Å². The highest BCUT2D eigenvalue weighted by Gasteiger charge is 2.36. The summed E-state index contributed by atoms with van der Waals surface area (Å²) in [5.41, 5.74) is 0.509. The molecule has 2 aromatic carbocycles. The number of aromatic hydroxyl groups is 2. The molecule has 43 heavy (non-hydrogen) atoms. The van der Waals surface area contributed by atoms with Gasteiger partial charge in [0, 0.05) is 19.5 Å². The van der Waals surface area contributed by atoms with E-state index in [0.29, 0.717) is 25.1 Å². The molecule has 0 saturated heterocycles. The fourth-order valence-electron chi connectivity index (χ4n) is 4.76. The van der Waals surface area contributed by atoms with Gasteiger partial charge in [-0.1, -0.05) is 76.6 Å². The number of hydrogen-bond acceptors (Lipinski definition) is 6. The zero-order chi connectivity index (χ0) is 31.8. The lowest BCUT2D eigenvalue weighted by molar-refractivity contribution is -0.142. The van der Waals surface area contributed by atoms with Crippen LogP contribution in [0.25, 0.3) is 0 Å². The second-order valence-electron chi connectivity index (χ2n) is 12.0. The molecular formula is C34H51N3O6. The Morgan fingerprint density at radius 2 is 1.37 bits per heavy atom. The lowest BCUT2D eigenvalue weighted by Crippen LogP contribution is -2.54. The molecular weight excluding hydrogens is 546 g/mol. The largest absolute Gasteiger partial charge is 0.508 e. The van der Waals surface area contributed by atoms with Crippen LogP contribution in [-0.2, 0) is 20.7 Å². The first kappa shape index (κ1) is 35.4. The van der Waals surface area contributed by atoms with Crippen molar-refractivity contribution in [3.63, 3.8) is 0 Å². The summed E-state index contributed by atoms with van der Waals surface area (Å²) in [6.07, 6.45) is 7.07. The molecule has 9 nitrogen and oxygen atoms in total. The third-order valence-electron chi connectivity index (χ3n) is 7.00. The minimum absolute atomic E-state index is 0.0551. The van der Waals surface area contributed by atoms with Crippen molar-refractivity contribution in [2.24, 2.45) is 0 Å². The van der Waals surface area contributed by atoms with Gasteiger partial charge in [-0.15, -0.1) is 0 Å². The van der Waals surface area contributed by atoms with Crippen molar-refractivity contribution >= 4 is 17.9 Å². The first-order chi connectivity index (χ1) is 20.4. The average Bonchev–Trinajstić information content (AvgIpc) is 2.94. The predicted molar refractivity (Wildman–Crippen MR) is 169 cm³/mol.